The van der Waals surface area contributed by atoms with E-state index >= 15 is 0 Å². The zero-order valence-electron chi connectivity index (χ0n) is 22.3. The van der Waals surface area contributed by atoms with Crippen LogP contribution in [0.2, 0.25) is 0 Å². The number of aromatic nitrogens is 1. The average Bonchev–Trinajstić information content (AvgIpc) is 3.18. The van der Waals surface area contributed by atoms with Gasteiger partial charge in [-0.25, -0.2) is 4.79 Å². The van der Waals surface area contributed by atoms with E-state index in [2.05, 4.69) is 18.8 Å². The van der Waals surface area contributed by atoms with E-state index in [4.69, 9.17) is 9.47 Å². The largest absolute Gasteiger partial charge is 0.507 e. The molecule has 1 N–H and O–H groups in total. The molecule has 2 fully saturated rings. The van der Waals surface area contributed by atoms with Gasteiger partial charge < -0.3 is 24.4 Å². The fraction of sp³-hybridized carbons (Fsp3) is 0.448. The van der Waals surface area contributed by atoms with Crippen LogP contribution in [0, 0.1) is 12.8 Å². The molecule has 0 radical (unpaired) electrons. The Balaban J connectivity index is 1.69. The van der Waals surface area contributed by atoms with Crippen molar-refractivity contribution < 1.29 is 29.0 Å². The van der Waals surface area contributed by atoms with Gasteiger partial charge in [0, 0.05) is 30.9 Å². The van der Waals surface area contributed by atoms with Gasteiger partial charge in [0.15, 0.2) is 0 Å². The number of ether oxygens (including phenoxy) is 2. The predicted octanol–water partition coefficient (Wildman–Crippen LogP) is 4.47. The summed E-state index contributed by atoms with van der Waals surface area (Å²) in [6, 6.07) is 9.37. The lowest BCUT2D eigenvalue weighted by atomic mass is 9.96. The molecule has 2 aliphatic heterocycles. The zero-order valence-corrected chi connectivity index (χ0v) is 22.3. The lowest BCUT2D eigenvalue weighted by molar-refractivity contribution is -0.142. The highest BCUT2D eigenvalue weighted by atomic mass is 16.6. The number of carbonyl (C=O) groups is 3. The molecule has 4 rings (SSSR count). The lowest BCUT2D eigenvalue weighted by Gasteiger charge is -2.38. The number of likely N-dealkylation sites (tertiary alicyclic amines) is 2. The first-order chi connectivity index (χ1) is 18.2. The Morgan fingerprint density at radius 1 is 1.16 bits per heavy atom. The monoisotopic (exact) mass is 521 g/mol. The fourth-order valence-corrected chi connectivity index (χ4v) is 4.97. The van der Waals surface area contributed by atoms with Gasteiger partial charge in [0.2, 0.25) is 0 Å². The van der Waals surface area contributed by atoms with Gasteiger partial charge in [0.25, 0.3) is 11.7 Å². The number of hydrogen-bond acceptors (Lipinski definition) is 7. The summed E-state index contributed by atoms with van der Waals surface area (Å²) in [6.07, 6.45) is 2.18. The highest BCUT2D eigenvalue weighted by Gasteiger charge is 2.50. The molecule has 2 saturated heterocycles. The molecule has 9 nitrogen and oxygen atoms in total. The molecule has 1 unspecified atom stereocenters. The van der Waals surface area contributed by atoms with Crippen molar-refractivity contribution in [2.45, 2.75) is 52.6 Å². The van der Waals surface area contributed by atoms with E-state index in [1.165, 1.54) is 4.90 Å². The molecule has 2 aromatic rings. The van der Waals surface area contributed by atoms with Gasteiger partial charge in [-0.2, -0.15) is 0 Å². The Labute approximate surface area is 223 Å². The Hall–Kier alpha value is -3.88. The number of ketones is 1. The summed E-state index contributed by atoms with van der Waals surface area (Å²) in [7, 11) is 0. The molecule has 2 aliphatic rings. The molecular formula is C29H35N3O6. The predicted molar refractivity (Wildman–Crippen MR) is 142 cm³/mol. The molecule has 38 heavy (non-hydrogen) atoms. The minimum atomic E-state index is -0.840. The van der Waals surface area contributed by atoms with E-state index in [1.807, 2.05) is 6.92 Å². The number of aliphatic hydroxyl groups is 1. The smallest absolute Gasteiger partial charge is 0.409 e. The zero-order chi connectivity index (χ0) is 27.4. The first-order valence-corrected chi connectivity index (χ1v) is 13.1. The Kier molecular flexibility index (Phi) is 8.34. The Morgan fingerprint density at radius 3 is 2.50 bits per heavy atom. The number of nitrogens with zero attached hydrogens (tertiary/aromatic N) is 3. The van der Waals surface area contributed by atoms with Gasteiger partial charge in [0.1, 0.15) is 17.6 Å². The van der Waals surface area contributed by atoms with Crippen molar-refractivity contribution in [3.8, 4) is 5.75 Å². The van der Waals surface area contributed by atoms with Crippen molar-refractivity contribution in [2.75, 3.05) is 26.3 Å². The van der Waals surface area contributed by atoms with Crippen LogP contribution in [0.15, 0.2) is 48.2 Å². The fourth-order valence-electron chi connectivity index (χ4n) is 4.97. The second-order valence-electron chi connectivity index (χ2n) is 10.1. The molecule has 9 heteroatoms. The van der Waals surface area contributed by atoms with E-state index in [9.17, 15) is 19.5 Å². The molecule has 0 bridgehead atoms. The summed E-state index contributed by atoms with van der Waals surface area (Å²) in [6.45, 7) is 9.41. The second-order valence-corrected chi connectivity index (χ2v) is 10.1. The third-order valence-electron chi connectivity index (χ3n) is 6.85. The number of amides is 2. The Bertz CT molecular complexity index is 1220. The number of Topliss-reactive ketones (excluding diaryl/α,β-unsaturated/α-hetero) is 1. The van der Waals surface area contributed by atoms with Crippen molar-refractivity contribution in [3.05, 3.63) is 65.0 Å². The van der Waals surface area contributed by atoms with Crippen molar-refractivity contribution in [3.63, 3.8) is 0 Å². The molecule has 0 saturated carbocycles. The van der Waals surface area contributed by atoms with Crippen LogP contribution in [0.4, 0.5) is 4.79 Å². The summed E-state index contributed by atoms with van der Waals surface area (Å²) in [5, 5.41) is 11.4. The number of hydrogen-bond donors (Lipinski definition) is 1. The van der Waals surface area contributed by atoms with Crippen molar-refractivity contribution >= 4 is 23.5 Å². The van der Waals surface area contributed by atoms with Crippen LogP contribution in [-0.2, 0) is 14.3 Å². The topological polar surface area (TPSA) is 109 Å². The van der Waals surface area contributed by atoms with E-state index < -0.39 is 17.7 Å². The Morgan fingerprint density at radius 2 is 1.89 bits per heavy atom. The van der Waals surface area contributed by atoms with Crippen LogP contribution < -0.4 is 4.74 Å². The third kappa shape index (κ3) is 5.51. The third-order valence-corrected chi connectivity index (χ3v) is 6.85. The summed E-state index contributed by atoms with van der Waals surface area (Å²) in [5.41, 5.74) is 1.74. The number of piperidine rings is 1. The van der Waals surface area contributed by atoms with Crippen molar-refractivity contribution in [1.29, 1.82) is 0 Å². The van der Waals surface area contributed by atoms with Crippen LogP contribution in [0.5, 0.6) is 5.75 Å². The highest BCUT2D eigenvalue weighted by molar-refractivity contribution is 6.46. The normalized spacial score (nSPS) is 19.8. The number of carbonyl (C=O) groups excluding carboxylic acids is 3. The molecule has 2 amide bonds. The second kappa shape index (κ2) is 11.7. The molecule has 1 aromatic heterocycles. The van der Waals surface area contributed by atoms with Crippen LogP contribution >= 0.6 is 0 Å². The molecule has 0 aliphatic carbocycles. The van der Waals surface area contributed by atoms with Gasteiger partial charge in [0.05, 0.1) is 24.5 Å². The van der Waals surface area contributed by atoms with Gasteiger partial charge in [-0.1, -0.05) is 19.9 Å². The summed E-state index contributed by atoms with van der Waals surface area (Å²) in [4.78, 5) is 46.5. The minimum absolute atomic E-state index is 0.0109. The van der Waals surface area contributed by atoms with E-state index in [1.54, 1.807) is 54.4 Å². The first kappa shape index (κ1) is 27.2. The average molecular weight is 522 g/mol. The molecule has 1 atom stereocenters. The number of rotatable bonds is 7. The summed E-state index contributed by atoms with van der Waals surface area (Å²) in [5.74, 6) is -0.607. The van der Waals surface area contributed by atoms with Crippen molar-refractivity contribution in [2.24, 2.45) is 5.92 Å². The highest BCUT2D eigenvalue weighted by Crippen LogP contribution is 2.42. The maximum Gasteiger partial charge on any atom is 0.409 e. The first-order valence-electron chi connectivity index (χ1n) is 13.1. The van der Waals surface area contributed by atoms with E-state index in [0.29, 0.717) is 55.5 Å². The van der Waals surface area contributed by atoms with Gasteiger partial charge >= 0.3 is 6.09 Å². The SMILES string of the molecule is CCOC(=O)N1CCC(N2C(=O)C(=O)/C(=C(/O)c3ccc(OCC(C)C)c(C)c3)C2c2ccccn2)CC1. The van der Waals surface area contributed by atoms with Gasteiger partial charge in [-0.15, -0.1) is 0 Å². The van der Waals surface area contributed by atoms with E-state index in [0.717, 1.165) is 5.56 Å². The van der Waals surface area contributed by atoms with Crippen LogP contribution in [-0.4, -0.2) is 70.0 Å². The summed E-state index contributed by atoms with van der Waals surface area (Å²) < 4.78 is 11.0. The quantitative estimate of drug-likeness (QED) is 0.325. The molecular weight excluding hydrogens is 486 g/mol. The molecule has 3 heterocycles. The lowest BCUT2D eigenvalue weighted by Crippen LogP contribution is -2.48. The maximum atomic E-state index is 13.4. The molecule has 1 aromatic carbocycles. The molecule has 0 spiro atoms. The van der Waals surface area contributed by atoms with Gasteiger partial charge in [-0.05, 0) is 68.5 Å². The number of aliphatic hydroxyl groups excluding tert-OH is 1. The number of aryl methyl sites for hydroxylation is 1. The maximum absolute atomic E-state index is 13.4. The van der Waals surface area contributed by atoms with Crippen molar-refractivity contribution in [1.82, 2.24) is 14.8 Å². The van der Waals surface area contributed by atoms with Gasteiger partial charge in [-0.3, -0.25) is 14.6 Å². The van der Waals surface area contributed by atoms with Crippen LogP contribution in [0.25, 0.3) is 5.76 Å². The standard InChI is InChI=1S/C29H35N3O6/c1-5-37-29(36)31-14-11-21(12-15-31)32-25(22-8-6-7-13-30-22)24(27(34)28(32)35)26(33)20-9-10-23(19(4)16-20)38-17-18(2)3/h6-10,13,16,18,21,25,33H,5,11-12,14-15,17H2,1-4H3/b26-24+. The summed E-state index contributed by atoms with van der Waals surface area (Å²) >= 11 is 0. The van der Waals surface area contributed by atoms with E-state index in [-0.39, 0.29) is 30.1 Å². The van der Waals surface area contributed by atoms with Crippen LogP contribution in [0.3, 0.4) is 0 Å². The van der Waals surface area contributed by atoms with Crippen LogP contribution in [0.1, 0.15) is 56.5 Å². The number of benzene rings is 1. The number of pyridine rings is 1. The minimum Gasteiger partial charge on any atom is -0.507 e. The molecule has 202 valence electrons.